The fourth-order valence-corrected chi connectivity index (χ4v) is 2.42. The molecule has 4 nitrogen and oxygen atoms in total. The third-order valence-corrected chi connectivity index (χ3v) is 4.08. The van der Waals surface area contributed by atoms with Gasteiger partial charge >= 0.3 is 0 Å². The summed E-state index contributed by atoms with van der Waals surface area (Å²) in [6, 6.07) is 12.4. The summed E-state index contributed by atoms with van der Waals surface area (Å²) in [4.78, 5) is 12.3. The quantitative estimate of drug-likeness (QED) is 0.316. The first-order chi connectivity index (χ1) is 13.1. The van der Waals surface area contributed by atoms with Crippen molar-refractivity contribution in [1.82, 2.24) is 0 Å². The molecule has 0 spiro atoms. The Morgan fingerprint density at radius 1 is 0.926 bits per heavy atom. The van der Waals surface area contributed by atoms with E-state index in [-0.39, 0.29) is 17.1 Å². The van der Waals surface area contributed by atoms with Gasteiger partial charge in [-0.3, -0.25) is 4.79 Å². The Morgan fingerprint density at radius 2 is 1.52 bits per heavy atom. The molecule has 0 radical (unpaired) electrons. The Morgan fingerprint density at radius 3 is 2.11 bits per heavy atom. The van der Waals surface area contributed by atoms with Crippen LogP contribution < -0.4 is 9.47 Å². The van der Waals surface area contributed by atoms with Crippen molar-refractivity contribution < 1.29 is 19.4 Å². The van der Waals surface area contributed by atoms with Crippen LogP contribution in [0.4, 0.5) is 0 Å². The minimum Gasteiger partial charge on any atom is -0.507 e. The van der Waals surface area contributed by atoms with Crippen molar-refractivity contribution in [3.05, 3.63) is 59.7 Å². The van der Waals surface area contributed by atoms with Crippen molar-refractivity contribution in [2.75, 3.05) is 13.2 Å². The van der Waals surface area contributed by atoms with Crippen molar-refractivity contribution in [1.29, 1.82) is 0 Å². The molecule has 0 saturated heterocycles. The van der Waals surface area contributed by atoms with Gasteiger partial charge in [-0.15, -0.1) is 0 Å². The molecule has 0 bridgehead atoms. The van der Waals surface area contributed by atoms with E-state index in [0.717, 1.165) is 37.0 Å². The zero-order valence-corrected chi connectivity index (χ0v) is 16.1. The molecular formula is C23H28O4. The minimum atomic E-state index is -0.254. The fraction of sp³-hybridized carbons (Fsp3) is 0.348. The third kappa shape index (κ3) is 6.81. The van der Waals surface area contributed by atoms with Crippen molar-refractivity contribution in [3.63, 3.8) is 0 Å². The van der Waals surface area contributed by atoms with Crippen LogP contribution in [0.15, 0.2) is 48.5 Å². The first-order valence-electron chi connectivity index (χ1n) is 9.55. The van der Waals surface area contributed by atoms with E-state index in [0.29, 0.717) is 19.0 Å². The molecule has 0 aliphatic heterocycles. The average Bonchev–Trinajstić information content (AvgIpc) is 2.68. The highest BCUT2D eigenvalue weighted by Crippen LogP contribution is 2.25. The van der Waals surface area contributed by atoms with E-state index in [2.05, 4.69) is 13.8 Å². The molecular weight excluding hydrogens is 340 g/mol. The largest absolute Gasteiger partial charge is 0.507 e. The van der Waals surface area contributed by atoms with Gasteiger partial charge in [0.2, 0.25) is 0 Å². The normalized spacial score (nSPS) is 10.9. The van der Waals surface area contributed by atoms with Crippen molar-refractivity contribution >= 4 is 11.9 Å². The van der Waals surface area contributed by atoms with Crippen LogP contribution in [0.1, 0.15) is 55.5 Å². The summed E-state index contributed by atoms with van der Waals surface area (Å²) < 4.78 is 11.2. The highest BCUT2D eigenvalue weighted by molar-refractivity contribution is 6.08. The number of ketones is 1. The lowest BCUT2D eigenvalue weighted by Gasteiger charge is -2.07. The fourth-order valence-electron chi connectivity index (χ4n) is 2.42. The molecule has 0 fully saturated rings. The first-order valence-corrected chi connectivity index (χ1v) is 9.55. The SMILES string of the molecule is CCCCOc1ccc(/C=C/C(=O)c2ccc(OCCCC)cc2O)cc1. The maximum Gasteiger partial charge on any atom is 0.189 e. The van der Waals surface area contributed by atoms with Crippen LogP contribution in [0.5, 0.6) is 17.2 Å². The Bertz CT molecular complexity index is 747. The standard InChI is InChI=1S/C23H28O4/c1-3-5-15-26-19-10-7-18(8-11-19)9-14-22(24)21-13-12-20(17-23(21)25)27-16-6-4-2/h7-14,17,25H,3-6,15-16H2,1-2H3/b14-9+. The lowest BCUT2D eigenvalue weighted by Crippen LogP contribution is -1.99. The summed E-state index contributed by atoms with van der Waals surface area (Å²) >= 11 is 0. The van der Waals surface area contributed by atoms with Crippen molar-refractivity contribution in [3.8, 4) is 17.2 Å². The van der Waals surface area contributed by atoms with Gasteiger partial charge in [-0.1, -0.05) is 44.9 Å². The molecule has 2 aromatic carbocycles. The molecule has 0 aliphatic carbocycles. The number of phenols is 1. The van der Waals surface area contributed by atoms with Gasteiger partial charge < -0.3 is 14.6 Å². The number of benzene rings is 2. The topological polar surface area (TPSA) is 55.8 Å². The molecule has 144 valence electrons. The predicted octanol–water partition coefficient (Wildman–Crippen LogP) is 5.65. The Kier molecular flexibility index (Phi) is 8.43. The summed E-state index contributed by atoms with van der Waals surface area (Å²) in [5.41, 5.74) is 1.15. The van der Waals surface area contributed by atoms with E-state index >= 15 is 0 Å². The maximum absolute atomic E-state index is 12.3. The van der Waals surface area contributed by atoms with E-state index < -0.39 is 0 Å². The number of carbonyl (C=O) groups is 1. The molecule has 1 N–H and O–H groups in total. The van der Waals surface area contributed by atoms with Crippen LogP contribution in [-0.2, 0) is 0 Å². The van der Waals surface area contributed by atoms with Gasteiger partial charge in [0, 0.05) is 6.07 Å². The molecule has 0 unspecified atom stereocenters. The second-order valence-corrected chi connectivity index (χ2v) is 6.35. The van der Waals surface area contributed by atoms with Gasteiger partial charge in [0.1, 0.15) is 17.2 Å². The van der Waals surface area contributed by atoms with Crippen LogP contribution in [0.25, 0.3) is 6.08 Å². The van der Waals surface area contributed by atoms with E-state index in [1.54, 1.807) is 18.2 Å². The van der Waals surface area contributed by atoms with Gasteiger partial charge in [0.25, 0.3) is 0 Å². The summed E-state index contributed by atoms with van der Waals surface area (Å²) in [6.45, 7) is 5.52. The highest BCUT2D eigenvalue weighted by Gasteiger charge is 2.09. The smallest absolute Gasteiger partial charge is 0.189 e. The Hall–Kier alpha value is -2.75. The van der Waals surface area contributed by atoms with Gasteiger partial charge in [0.05, 0.1) is 18.8 Å². The number of hydrogen-bond donors (Lipinski definition) is 1. The summed E-state index contributed by atoms with van der Waals surface area (Å²) in [5.74, 6) is 1.07. The predicted molar refractivity (Wildman–Crippen MR) is 109 cm³/mol. The summed E-state index contributed by atoms with van der Waals surface area (Å²) in [6.07, 6.45) is 7.30. The Balaban J connectivity index is 1.95. The van der Waals surface area contributed by atoms with Gasteiger partial charge in [0.15, 0.2) is 5.78 Å². The van der Waals surface area contributed by atoms with Crippen LogP contribution >= 0.6 is 0 Å². The molecule has 0 aliphatic rings. The van der Waals surface area contributed by atoms with E-state index in [1.807, 2.05) is 24.3 Å². The molecule has 0 amide bonds. The van der Waals surface area contributed by atoms with Crippen LogP contribution in [-0.4, -0.2) is 24.1 Å². The number of unbranched alkanes of at least 4 members (excludes halogenated alkanes) is 2. The zero-order chi connectivity index (χ0) is 19.5. The minimum absolute atomic E-state index is 0.0710. The molecule has 2 aromatic rings. The zero-order valence-electron chi connectivity index (χ0n) is 16.1. The van der Waals surface area contributed by atoms with Crippen LogP contribution in [0.2, 0.25) is 0 Å². The Labute approximate surface area is 161 Å². The lowest BCUT2D eigenvalue weighted by atomic mass is 10.1. The number of rotatable bonds is 11. The monoisotopic (exact) mass is 368 g/mol. The molecule has 0 atom stereocenters. The van der Waals surface area contributed by atoms with Crippen molar-refractivity contribution in [2.24, 2.45) is 0 Å². The first kappa shape index (κ1) is 20.6. The number of carbonyl (C=O) groups excluding carboxylic acids is 1. The number of ether oxygens (including phenoxy) is 2. The van der Waals surface area contributed by atoms with Crippen LogP contribution in [0, 0.1) is 0 Å². The number of allylic oxidation sites excluding steroid dienone is 1. The molecule has 2 rings (SSSR count). The van der Waals surface area contributed by atoms with E-state index in [1.165, 1.54) is 12.1 Å². The average molecular weight is 368 g/mol. The highest BCUT2D eigenvalue weighted by atomic mass is 16.5. The van der Waals surface area contributed by atoms with Crippen molar-refractivity contribution in [2.45, 2.75) is 39.5 Å². The number of hydrogen-bond acceptors (Lipinski definition) is 4. The lowest BCUT2D eigenvalue weighted by molar-refractivity contribution is 0.104. The molecule has 0 aromatic heterocycles. The number of phenolic OH excluding ortho intramolecular Hbond substituents is 1. The van der Waals surface area contributed by atoms with Gasteiger partial charge in [-0.05, 0) is 48.7 Å². The molecule has 0 saturated carbocycles. The third-order valence-electron chi connectivity index (χ3n) is 4.08. The molecule has 0 heterocycles. The second kappa shape index (κ2) is 11.1. The van der Waals surface area contributed by atoms with Gasteiger partial charge in [-0.25, -0.2) is 0 Å². The maximum atomic E-state index is 12.3. The van der Waals surface area contributed by atoms with Gasteiger partial charge in [-0.2, -0.15) is 0 Å². The molecule has 4 heteroatoms. The van der Waals surface area contributed by atoms with E-state index in [9.17, 15) is 9.90 Å². The van der Waals surface area contributed by atoms with Crippen LogP contribution in [0.3, 0.4) is 0 Å². The molecule has 27 heavy (non-hydrogen) atoms. The van der Waals surface area contributed by atoms with E-state index in [4.69, 9.17) is 9.47 Å². The summed E-state index contributed by atoms with van der Waals surface area (Å²) in [7, 11) is 0. The summed E-state index contributed by atoms with van der Waals surface area (Å²) in [5, 5.41) is 10.1. The number of aromatic hydroxyl groups is 1. The second-order valence-electron chi connectivity index (χ2n) is 6.35.